The second kappa shape index (κ2) is 11.8. The van der Waals surface area contributed by atoms with Gasteiger partial charge in [0.15, 0.2) is 11.9 Å². The Bertz CT molecular complexity index is 2410. The van der Waals surface area contributed by atoms with E-state index in [9.17, 15) is 14.0 Å². The summed E-state index contributed by atoms with van der Waals surface area (Å²) in [5.41, 5.74) is 7.00. The predicted octanol–water partition coefficient (Wildman–Crippen LogP) is 10.0. The van der Waals surface area contributed by atoms with E-state index < -0.39 is 11.0 Å². The van der Waals surface area contributed by atoms with Gasteiger partial charge in [-0.15, -0.1) is 0 Å². The molecule has 5 nitrogen and oxygen atoms in total. The van der Waals surface area contributed by atoms with E-state index in [-0.39, 0.29) is 11.7 Å². The maximum Gasteiger partial charge on any atom is 0.259 e. The molecule has 2 aliphatic rings. The molecule has 1 aliphatic carbocycles. The Balaban J connectivity index is 1.38. The molecule has 0 bridgehead atoms. The van der Waals surface area contributed by atoms with Crippen molar-refractivity contribution in [1.82, 2.24) is 0 Å². The molecule has 0 aromatic heterocycles. The first kappa shape index (κ1) is 32.2. The molecule has 0 saturated carbocycles. The van der Waals surface area contributed by atoms with Gasteiger partial charge in [-0.2, -0.15) is 0 Å². The van der Waals surface area contributed by atoms with E-state index in [2.05, 4.69) is 50.3 Å². The summed E-state index contributed by atoms with van der Waals surface area (Å²) in [6.07, 6.45) is 5.10. The van der Waals surface area contributed by atoms with Crippen molar-refractivity contribution in [3.8, 4) is 22.6 Å². The van der Waals surface area contributed by atoms with Crippen LogP contribution in [0.25, 0.3) is 28.0 Å². The van der Waals surface area contributed by atoms with Gasteiger partial charge in [-0.25, -0.2) is 4.39 Å². The molecule has 6 aromatic rings. The number of carbonyl (C=O) groups is 2. The largest absolute Gasteiger partial charge is 0.497 e. The Morgan fingerprint density at radius 2 is 1.49 bits per heavy atom. The lowest BCUT2D eigenvalue weighted by Crippen LogP contribution is -2.35. The van der Waals surface area contributed by atoms with Crippen LogP contribution in [-0.4, -0.2) is 26.4 Å². The van der Waals surface area contributed by atoms with Crippen LogP contribution in [0.15, 0.2) is 115 Å². The van der Waals surface area contributed by atoms with Crippen molar-refractivity contribution >= 4 is 34.7 Å². The molecule has 252 valence electrons. The van der Waals surface area contributed by atoms with Gasteiger partial charge in [-0.05, 0) is 82.6 Å². The summed E-state index contributed by atoms with van der Waals surface area (Å²) >= 11 is 0. The highest BCUT2D eigenvalue weighted by molar-refractivity contribution is 6.17. The molecular formula is C45H36FNO4. The van der Waals surface area contributed by atoms with E-state index >= 15 is 0 Å². The van der Waals surface area contributed by atoms with E-state index in [4.69, 9.17) is 9.47 Å². The number of benzene rings is 6. The molecule has 1 aliphatic heterocycles. The molecule has 1 atom stereocenters. The lowest BCUT2D eigenvalue weighted by Gasteiger charge is -2.38. The average molecular weight is 674 g/mol. The minimum atomic E-state index is -0.928. The van der Waals surface area contributed by atoms with Crippen LogP contribution in [-0.2, 0) is 11.0 Å². The van der Waals surface area contributed by atoms with Crippen molar-refractivity contribution in [3.63, 3.8) is 0 Å². The second-order valence-electron chi connectivity index (χ2n) is 13.8. The topological polar surface area (TPSA) is 55.8 Å². The van der Waals surface area contributed by atoms with Crippen LogP contribution >= 0.6 is 0 Å². The number of methoxy groups -OCH3 is 1. The lowest BCUT2D eigenvalue weighted by molar-refractivity contribution is 0.0985. The number of hydrogen-bond acceptors (Lipinski definition) is 4. The molecule has 6 aromatic carbocycles. The van der Waals surface area contributed by atoms with Crippen LogP contribution in [0.2, 0.25) is 0 Å². The predicted molar refractivity (Wildman–Crippen MR) is 201 cm³/mol. The van der Waals surface area contributed by atoms with Gasteiger partial charge < -0.3 is 14.4 Å². The number of fused-ring (bicyclic) bond motifs is 8. The van der Waals surface area contributed by atoms with Crippen molar-refractivity contribution in [2.75, 3.05) is 19.1 Å². The number of anilines is 1. The minimum absolute atomic E-state index is 0.329. The second-order valence-corrected chi connectivity index (χ2v) is 13.8. The van der Waals surface area contributed by atoms with Crippen molar-refractivity contribution in [2.45, 2.75) is 31.8 Å². The smallest absolute Gasteiger partial charge is 0.259 e. The van der Waals surface area contributed by atoms with Gasteiger partial charge in [0.2, 0.25) is 0 Å². The van der Waals surface area contributed by atoms with Gasteiger partial charge in [-0.1, -0.05) is 92.7 Å². The summed E-state index contributed by atoms with van der Waals surface area (Å²) in [4.78, 5) is 28.9. The fourth-order valence-corrected chi connectivity index (χ4v) is 8.09. The van der Waals surface area contributed by atoms with Gasteiger partial charge in [0.1, 0.15) is 17.3 Å². The normalized spacial score (nSPS) is 16.5. The van der Waals surface area contributed by atoms with E-state index in [1.54, 1.807) is 26.3 Å². The van der Waals surface area contributed by atoms with Gasteiger partial charge >= 0.3 is 0 Å². The molecule has 0 fully saturated rings. The Kier molecular flexibility index (Phi) is 7.46. The summed E-state index contributed by atoms with van der Waals surface area (Å²) in [6, 6.07) is 34.1. The number of amides is 1. The first-order chi connectivity index (χ1) is 24.6. The van der Waals surface area contributed by atoms with Gasteiger partial charge in [0.25, 0.3) is 5.91 Å². The van der Waals surface area contributed by atoms with Crippen LogP contribution in [0.5, 0.6) is 11.5 Å². The number of hydrogen-bond donors (Lipinski definition) is 0. The fourth-order valence-electron chi connectivity index (χ4n) is 8.09. The number of halogens is 1. The summed E-state index contributed by atoms with van der Waals surface area (Å²) in [5, 5.41) is 1.84. The first-order valence-corrected chi connectivity index (χ1v) is 17.0. The zero-order valence-electron chi connectivity index (χ0n) is 29.1. The number of aldehydes is 1. The van der Waals surface area contributed by atoms with E-state index in [0.29, 0.717) is 22.4 Å². The van der Waals surface area contributed by atoms with E-state index in [1.807, 2.05) is 67.6 Å². The Hall–Kier alpha value is -6.01. The monoisotopic (exact) mass is 673 g/mol. The summed E-state index contributed by atoms with van der Waals surface area (Å²) in [7, 11) is 3.30. The Morgan fingerprint density at radius 1 is 0.843 bits per heavy atom. The highest BCUT2D eigenvalue weighted by atomic mass is 19.1. The van der Waals surface area contributed by atoms with Crippen molar-refractivity contribution < 1.29 is 23.5 Å². The Labute approximate surface area is 296 Å². The minimum Gasteiger partial charge on any atom is -0.497 e. The zero-order chi connectivity index (χ0) is 35.7. The van der Waals surface area contributed by atoms with Crippen LogP contribution in [0.1, 0.15) is 67.9 Å². The number of ether oxygens (including phenoxy) is 2. The van der Waals surface area contributed by atoms with Crippen LogP contribution < -0.4 is 14.4 Å². The summed E-state index contributed by atoms with van der Waals surface area (Å²) in [5.74, 6) is 0.781. The lowest BCUT2D eigenvalue weighted by atomic mass is 9.76. The molecule has 0 N–H and O–H groups in total. The molecule has 1 unspecified atom stereocenters. The molecule has 1 amide bonds. The van der Waals surface area contributed by atoms with Crippen LogP contribution in [0, 0.1) is 12.7 Å². The third-order valence-electron chi connectivity index (χ3n) is 10.6. The highest BCUT2D eigenvalue weighted by Crippen LogP contribution is 2.59. The van der Waals surface area contributed by atoms with Crippen molar-refractivity contribution in [2.24, 2.45) is 0 Å². The fraction of sp³-hybridized carbons (Fsp3) is 0.156. The zero-order valence-corrected chi connectivity index (χ0v) is 29.1. The molecule has 6 heteroatoms. The van der Waals surface area contributed by atoms with Gasteiger partial charge in [0, 0.05) is 45.8 Å². The van der Waals surface area contributed by atoms with Crippen molar-refractivity contribution in [3.05, 3.63) is 166 Å². The maximum atomic E-state index is 14.2. The molecule has 0 spiro atoms. The van der Waals surface area contributed by atoms with Gasteiger partial charge in [0.05, 0.1) is 12.7 Å². The molecule has 51 heavy (non-hydrogen) atoms. The van der Waals surface area contributed by atoms with Crippen LogP contribution in [0.3, 0.4) is 0 Å². The number of aryl methyl sites for hydroxylation is 1. The van der Waals surface area contributed by atoms with Crippen molar-refractivity contribution in [1.29, 1.82) is 0 Å². The Morgan fingerprint density at radius 3 is 2.16 bits per heavy atom. The number of carbonyl (C=O) groups excluding carboxylic acids is 2. The summed E-state index contributed by atoms with van der Waals surface area (Å²) in [6.45, 7) is 6.21. The molecule has 0 saturated heterocycles. The first-order valence-electron chi connectivity index (χ1n) is 17.0. The molecule has 8 rings (SSSR count). The quantitative estimate of drug-likeness (QED) is 0.165. The third-order valence-corrected chi connectivity index (χ3v) is 10.6. The molecule has 0 radical (unpaired) electrons. The van der Waals surface area contributed by atoms with E-state index in [1.165, 1.54) is 17.0 Å². The van der Waals surface area contributed by atoms with Gasteiger partial charge in [-0.3, -0.25) is 9.59 Å². The maximum absolute atomic E-state index is 14.2. The SMILES string of the molecule is COc1ccc(C2(c3ccccc3)C=Cc3c4c(c5ccccc5c3O2)-c2c(cc(C)c(C(=O)N(C)c3ccc(F)cc3)c2C=O)C4(C)C)cc1. The average Bonchev–Trinajstić information content (AvgIpc) is 3.40. The van der Waals surface area contributed by atoms with E-state index in [0.717, 1.165) is 67.5 Å². The highest BCUT2D eigenvalue weighted by Gasteiger charge is 2.46. The number of nitrogens with zero attached hydrogens (tertiary/aromatic N) is 1. The molecular weight excluding hydrogens is 637 g/mol. The molecule has 1 heterocycles. The standard InChI is InChI=1S/C45H36FNO4/c1-27-25-37-39(36(26-48)38(27)43(49)47(4)31-19-17-30(46)18-20-31)40-33-13-9-10-14-34(33)42-35(41(40)44(37,2)3)23-24-45(51-42,28-11-7-6-8-12-28)29-15-21-32(50-5)22-16-29/h6-26H,1-5H3. The third kappa shape index (κ3) is 4.73. The van der Waals surface area contributed by atoms with Crippen LogP contribution in [0.4, 0.5) is 10.1 Å². The summed E-state index contributed by atoms with van der Waals surface area (Å²) < 4.78 is 26.6. The number of rotatable bonds is 6.